The van der Waals surface area contributed by atoms with Gasteiger partial charge in [0.05, 0.1) is 0 Å². The number of benzene rings is 1. The quantitative estimate of drug-likeness (QED) is 0.265. The van der Waals surface area contributed by atoms with E-state index in [9.17, 15) is 0 Å². The normalized spacial score (nSPS) is 35.0. The van der Waals surface area contributed by atoms with E-state index in [2.05, 4.69) is 108 Å². The van der Waals surface area contributed by atoms with E-state index in [1.54, 1.807) is 28.1 Å². The zero-order valence-corrected chi connectivity index (χ0v) is 31.4. The highest BCUT2D eigenvalue weighted by Crippen LogP contribution is 2.52. The lowest BCUT2D eigenvalue weighted by Gasteiger charge is -2.43. The standard InChI is InChI=1S/C49H62N2/c1-35-12-8-9-17-45(35)40-22-20-37(21-23-40)39-26-30-43(31-27-39)51-48-19-11-10-18-46(48)47-33-32-44(34-49(47)51)50(41-15-6-3-7-16-41)42-28-24-38(25-29-42)36-13-4-2-5-14-36/h3-4,6-8,12-16,20,24,26,30,32,35,40,42,45-49H,2,5,9-11,17-19,21-23,25,27-29,31,33-34H2,1H3. The maximum absolute atomic E-state index is 3.04. The fourth-order valence-corrected chi connectivity index (χ4v) is 12.2. The molecule has 7 aliphatic carbocycles. The van der Waals surface area contributed by atoms with E-state index in [0.717, 1.165) is 42.1 Å². The number of likely N-dealkylation sites (tertiary alicyclic amines) is 1. The first kappa shape index (κ1) is 33.6. The molecule has 1 aromatic carbocycles. The van der Waals surface area contributed by atoms with Crippen LogP contribution < -0.4 is 4.90 Å². The number of nitrogens with zero attached hydrogens (tertiary/aromatic N) is 2. The van der Waals surface area contributed by atoms with Gasteiger partial charge in [-0.25, -0.2) is 0 Å². The van der Waals surface area contributed by atoms with Gasteiger partial charge in [-0.1, -0.05) is 92.6 Å². The van der Waals surface area contributed by atoms with Crippen LogP contribution in [-0.4, -0.2) is 23.0 Å². The Bertz CT molecular complexity index is 1680. The summed E-state index contributed by atoms with van der Waals surface area (Å²) in [7, 11) is 0. The number of para-hydroxylation sites is 1. The van der Waals surface area contributed by atoms with Crippen LogP contribution in [0.5, 0.6) is 0 Å². The lowest BCUT2D eigenvalue weighted by atomic mass is 9.70. The van der Waals surface area contributed by atoms with Gasteiger partial charge in [-0.3, -0.25) is 0 Å². The molecule has 0 radical (unpaired) electrons. The molecule has 0 N–H and O–H groups in total. The second kappa shape index (κ2) is 15.0. The summed E-state index contributed by atoms with van der Waals surface area (Å²) in [5, 5.41) is 0. The molecule has 0 amide bonds. The molecule has 0 bridgehead atoms. The number of hydrogen-bond acceptors (Lipinski definition) is 2. The first-order valence-electron chi connectivity index (χ1n) is 21.3. The Morgan fingerprint density at radius 2 is 1.53 bits per heavy atom. The summed E-state index contributed by atoms with van der Waals surface area (Å²) in [4.78, 5) is 5.84. The number of rotatable bonds is 7. The van der Waals surface area contributed by atoms with Crippen molar-refractivity contribution in [2.45, 2.75) is 141 Å². The Balaban J connectivity index is 0.952. The summed E-state index contributed by atoms with van der Waals surface area (Å²) in [6, 6.07) is 13.3. The van der Waals surface area contributed by atoms with E-state index < -0.39 is 0 Å². The van der Waals surface area contributed by atoms with Crippen molar-refractivity contribution in [1.82, 2.24) is 4.90 Å². The molecule has 8 atom stereocenters. The van der Waals surface area contributed by atoms with E-state index in [-0.39, 0.29) is 0 Å². The maximum Gasteiger partial charge on any atom is 0.0410 e. The summed E-state index contributed by atoms with van der Waals surface area (Å²) in [6.45, 7) is 2.45. The Morgan fingerprint density at radius 1 is 0.647 bits per heavy atom. The van der Waals surface area contributed by atoms with E-state index in [1.807, 2.05) is 0 Å². The van der Waals surface area contributed by atoms with Crippen molar-refractivity contribution < 1.29 is 0 Å². The number of allylic oxidation sites excluding steroid dienone is 14. The highest BCUT2D eigenvalue weighted by atomic mass is 15.3. The fourth-order valence-electron chi connectivity index (χ4n) is 12.2. The molecular formula is C49H62N2. The van der Waals surface area contributed by atoms with Crippen LogP contribution in [-0.2, 0) is 0 Å². The first-order chi connectivity index (χ1) is 25.2. The van der Waals surface area contributed by atoms with Gasteiger partial charge in [-0.05, 0) is 166 Å². The molecule has 0 aromatic heterocycles. The molecule has 2 nitrogen and oxygen atoms in total. The van der Waals surface area contributed by atoms with Crippen molar-refractivity contribution in [3.05, 3.63) is 125 Å². The second-order valence-corrected chi connectivity index (χ2v) is 17.4. The summed E-state index contributed by atoms with van der Waals surface area (Å²) >= 11 is 0. The van der Waals surface area contributed by atoms with Crippen molar-refractivity contribution in [1.29, 1.82) is 0 Å². The molecule has 1 saturated heterocycles. The van der Waals surface area contributed by atoms with E-state index >= 15 is 0 Å². The summed E-state index contributed by atoms with van der Waals surface area (Å²) < 4.78 is 0. The van der Waals surface area contributed by atoms with Gasteiger partial charge in [0.25, 0.3) is 0 Å². The van der Waals surface area contributed by atoms with Crippen LogP contribution in [0.25, 0.3) is 0 Å². The van der Waals surface area contributed by atoms with Crippen molar-refractivity contribution in [2.75, 3.05) is 4.90 Å². The average molecular weight is 679 g/mol. The van der Waals surface area contributed by atoms with Crippen LogP contribution >= 0.6 is 0 Å². The molecule has 51 heavy (non-hydrogen) atoms. The first-order valence-corrected chi connectivity index (χ1v) is 21.3. The third-order valence-corrected chi connectivity index (χ3v) is 14.8. The van der Waals surface area contributed by atoms with Gasteiger partial charge in [0.2, 0.25) is 0 Å². The van der Waals surface area contributed by atoms with Gasteiger partial charge >= 0.3 is 0 Å². The van der Waals surface area contributed by atoms with Crippen molar-refractivity contribution >= 4 is 5.69 Å². The average Bonchev–Trinajstić information content (AvgIpc) is 3.53. The molecule has 2 heteroatoms. The van der Waals surface area contributed by atoms with E-state index in [0.29, 0.717) is 12.1 Å². The molecule has 1 saturated carbocycles. The molecule has 8 unspecified atom stereocenters. The van der Waals surface area contributed by atoms with Gasteiger partial charge in [-0.15, -0.1) is 0 Å². The Morgan fingerprint density at radius 3 is 2.29 bits per heavy atom. The van der Waals surface area contributed by atoms with Crippen LogP contribution in [0.1, 0.15) is 122 Å². The molecular weight excluding hydrogens is 617 g/mol. The second-order valence-electron chi connectivity index (χ2n) is 17.4. The Kier molecular flexibility index (Phi) is 9.87. The molecule has 2 fully saturated rings. The number of hydrogen-bond donors (Lipinski definition) is 0. The lowest BCUT2D eigenvalue weighted by Crippen LogP contribution is -2.43. The zero-order valence-electron chi connectivity index (χ0n) is 31.4. The van der Waals surface area contributed by atoms with Gasteiger partial charge in [0.15, 0.2) is 0 Å². The van der Waals surface area contributed by atoms with Gasteiger partial charge in [-0.2, -0.15) is 0 Å². The van der Waals surface area contributed by atoms with Crippen molar-refractivity contribution in [3.63, 3.8) is 0 Å². The minimum atomic E-state index is 0.532. The predicted molar refractivity (Wildman–Crippen MR) is 215 cm³/mol. The maximum atomic E-state index is 3.04. The van der Waals surface area contributed by atoms with Crippen molar-refractivity contribution in [2.24, 2.45) is 29.6 Å². The van der Waals surface area contributed by atoms with Gasteiger partial charge in [0.1, 0.15) is 0 Å². The SMILES string of the molecule is CC1C=CCCC1C1CC=C(C2=CC=C(N3C4CCCCC4C4CC=C(N(c5ccccc5)C5CC=C(C6=CCCC=C6)CC5)CC43)CC2)CC1. The van der Waals surface area contributed by atoms with Crippen LogP contribution in [0.3, 0.4) is 0 Å². The summed E-state index contributed by atoms with van der Waals surface area (Å²) in [5.41, 5.74) is 11.0. The largest absolute Gasteiger partial charge is 0.368 e. The highest BCUT2D eigenvalue weighted by Gasteiger charge is 2.51. The minimum Gasteiger partial charge on any atom is -0.368 e. The minimum absolute atomic E-state index is 0.532. The Labute approximate surface area is 309 Å². The molecule has 1 heterocycles. The molecule has 9 rings (SSSR count). The molecule has 8 aliphatic rings. The van der Waals surface area contributed by atoms with E-state index in [4.69, 9.17) is 0 Å². The number of fused-ring (bicyclic) bond motifs is 3. The number of anilines is 1. The zero-order chi connectivity index (χ0) is 34.1. The summed E-state index contributed by atoms with van der Waals surface area (Å²) in [5.74, 6) is 4.21. The summed E-state index contributed by atoms with van der Waals surface area (Å²) in [6.07, 6.45) is 48.4. The molecule has 0 spiro atoms. The van der Waals surface area contributed by atoms with E-state index in [1.165, 1.54) is 120 Å². The highest BCUT2D eigenvalue weighted by molar-refractivity contribution is 5.55. The lowest BCUT2D eigenvalue weighted by molar-refractivity contribution is 0.187. The smallest absolute Gasteiger partial charge is 0.0410 e. The third-order valence-electron chi connectivity index (χ3n) is 14.8. The third kappa shape index (κ3) is 6.75. The molecule has 268 valence electrons. The van der Waals surface area contributed by atoms with Crippen molar-refractivity contribution in [3.8, 4) is 0 Å². The van der Waals surface area contributed by atoms with Crippen LogP contribution in [0, 0.1) is 29.6 Å². The molecule has 1 aliphatic heterocycles. The van der Waals surface area contributed by atoms with Crippen LogP contribution in [0.15, 0.2) is 125 Å². The topological polar surface area (TPSA) is 6.48 Å². The molecule has 1 aromatic rings. The van der Waals surface area contributed by atoms with Crippen LogP contribution in [0.2, 0.25) is 0 Å². The monoisotopic (exact) mass is 678 g/mol. The fraction of sp³-hybridized carbons (Fsp3) is 0.551. The van der Waals surface area contributed by atoms with Gasteiger partial charge in [0, 0.05) is 41.6 Å². The van der Waals surface area contributed by atoms with Gasteiger partial charge < -0.3 is 9.80 Å². The predicted octanol–water partition coefficient (Wildman–Crippen LogP) is 12.7. The van der Waals surface area contributed by atoms with Crippen LogP contribution in [0.4, 0.5) is 5.69 Å². The Hall–Kier alpha value is -3.26.